The van der Waals surface area contributed by atoms with Crippen LogP contribution in [0.3, 0.4) is 0 Å². The van der Waals surface area contributed by atoms with Crippen LogP contribution in [0, 0.1) is 5.82 Å². The SMILES string of the molecule is CCOc1ccc(F)cc1C1NC(C)=C(C(=O)NC2CCN(C(=O)COC)CC2)c2[nH]ccc21. The number of carbonyl (C=O) groups is 2. The maximum atomic E-state index is 14.1. The van der Waals surface area contributed by atoms with E-state index in [9.17, 15) is 14.0 Å². The number of rotatable bonds is 7. The lowest BCUT2D eigenvalue weighted by atomic mass is 9.90. The van der Waals surface area contributed by atoms with Crippen LogP contribution in [0.15, 0.2) is 36.2 Å². The van der Waals surface area contributed by atoms with E-state index in [-0.39, 0.29) is 36.3 Å². The van der Waals surface area contributed by atoms with Gasteiger partial charge in [-0.05, 0) is 51.0 Å². The third-order valence-electron chi connectivity index (χ3n) is 6.34. The molecule has 2 aliphatic rings. The lowest BCUT2D eigenvalue weighted by Gasteiger charge is -2.33. The normalized spacial score (nSPS) is 18.4. The van der Waals surface area contributed by atoms with Crippen molar-refractivity contribution in [3.8, 4) is 5.75 Å². The molecule has 182 valence electrons. The number of nitrogens with one attached hydrogen (secondary N) is 3. The smallest absolute Gasteiger partial charge is 0.255 e. The van der Waals surface area contributed by atoms with Crippen LogP contribution in [0.1, 0.15) is 49.6 Å². The zero-order valence-electron chi connectivity index (χ0n) is 19.7. The highest BCUT2D eigenvalue weighted by molar-refractivity contribution is 6.20. The number of aromatic nitrogens is 1. The summed E-state index contributed by atoms with van der Waals surface area (Å²) in [6.07, 6.45) is 3.15. The number of H-pyrrole nitrogens is 1. The number of benzene rings is 1. The Hall–Kier alpha value is -3.33. The Morgan fingerprint density at radius 3 is 2.68 bits per heavy atom. The van der Waals surface area contributed by atoms with Gasteiger partial charge in [0.15, 0.2) is 0 Å². The topological polar surface area (TPSA) is 95.7 Å². The largest absolute Gasteiger partial charge is 0.493 e. The van der Waals surface area contributed by atoms with E-state index >= 15 is 0 Å². The second-order valence-electron chi connectivity index (χ2n) is 8.56. The van der Waals surface area contributed by atoms with E-state index in [0.29, 0.717) is 60.8 Å². The van der Waals surface area contributed by atoms with Crippen molar-refractivity contribution in [2.75, 3.05) is 33.4 Å². The van der Waals surface area contributed by atoms with Crippen LogP contribution < -0.4 is 15.4 Å². The fourth-order valence-electron chi connectivity index (χ4n) is 4.70. The molecule has 1 fully saturated rings. The van der Waals surface area contributed by atoms with Crippen LogP contribution in [0.2, 0.25) is 0 Å². The number of carbonyl (C=O) groups excluding carboxylic acids is 2. The van der Waals surface area contributed by atoms with Gasteiger partial charge in [0, 0.05) is 49.3 Å². The van der Waals surface area contributed by atoms with Crippen LogP contribution in [0.25, 0.3) is 5.57 Å². The number of halogens is 1. The zero-order chi connectivity index (χ0) is 24.2. The van der Waals surface area contributed by atoms with Gasteiger partial charge in [-0.25, -0.2) is 4.39 Å². The third-order valence-corrected chi connectivity index (χ3v) is 6.34. The van der Waals surface area contributed by atoms with Gasteiger partial charge in [0.05, 0.1) is 23.9 Å². The van der Waals surface area contributed by atoms with E-state index in [2.05, 4.69) is 15.6 Å². The number of fused-ring (bicyclic) bond motifs is 1. The molecule has 3 heterocycles. The number of ether oxygens (including phenoxy) is 2. The Balaban J connectivity index is 1.52. The van der Waals surface area contributed by atoms with Crippen molar-refractivity contribution in [3.05, 3.63) is 58.8 Å². The molecular weight excluding hydrogens is 439 g/mol. The Kier molecular flexibility index (Phi) is 7.21. The van der Waals surface area contributed by atoms with Crippen LogP contribution >= 0.6 is 0 Å². The quantitative estimate of drug-likeness (QED) is 0.578. The standard InChI is InChI=1S/C25H31FN4O4/c1-4-34-20-6-5-16(26)13-19(20)23-18-7-10-27-24(18)22(15(2)28-23)25(32)29-17-8-11-30(12-9-17)21(31)14-33-3/h5-7,10,13,17,23,27-28H,4,8-9,11-12,14H2,1-3H3,(H,29,32). The van der Waals surface area contributed by atoms with Gasteiger partial charge in [-0.3, -0.25) is 9.59 Å². The van der Waals surface area contributed by atoms with E-state index in [1.54, 1.807) is 17.2 Å². The molecule has 0 bridgehead atoms. The predicted octanol–water partition coefficient (Wildman–Crippen LogP) is 2.73. The Morgan fingerprint density at radius 2 is 1.97 bits per heavy atom. The number of hydrogen-bond donors (Lipinski definition) is 3. The Labute approximate surface area is 198 Å². The van der Waals surface area contributed by atoms with E-state index in [4.69, 9.17) is 9.47 Å². The average molecular weight is 471 g/mol. The molecule has 0 aliphatic carbocycles. The van der Waals surface area contributed by atoms with Gasteiger partial charge < -0.3 is 30.0 Å². The van der Waals surface area contributed by atoms with Gasteiger partial charge in [-0.15, -0.1) is 0 Å². The summed E-state index contributed by atoms with van der Waals surface area (Å²) in [4.78, 5) is 30.3. The number of allylic oxidation sites excluding steroid dienone is 1. The van der Waals surface area contributed by atoms with Crippen molar-refractivity contribution in [2.45, 2.75) is 38.8 Å². The molecule has 1 aromatic heterocycles. The molecule has 1 saturated heterocycles. The van der Waals surface area contributed by atoms with Gasteiger partial charge in [-0.2, -0.15) is 0 Å². The molecule has 2 aromatic rings. The van der Waals surface area contributed by atoms with Gasteiger partial charge in [0.1, 0.15) is 18.2 Å². The summed E-state index contributed by atoms with van der Waals surface area (Å²) in [6, 6.07) is 6.00. The molecule has 2 amide bonds. The molecule has 4 rings (SSSR count). The summed E-state index contributed by atoms with van der Waals surface area (Å²) in [7, 11) is 1.50. The maximum Gasteiger partial charge on any atom is 0.255 e. The number of hydrogen-bond acceptors (Lipinski definition) is 5. The van der Waals surface area contributed by atoms with Crippen molar-refractivity contribution in [3.63, 3.8) is 0 Å². The van der Waals surface area contributed by atoms with Gasteiger partial charge in [-0.1, -0.05) is 0 Å². The van der Waals surface area contributed by atoms with Gasteiger partial charge >= 0.3 is 0 Å². The summed E-state index contributed by atoms with van der Waals surface area (Å²) in [5.41, 5.74) is 3.45. The van der Waals surface area contributed by atoms with Crippen LogP contribution in [-0.4, -0.2) is 61.2 Å². The van der Waals surface area contributed by atoms with E-state index in [1.165, 1.54) is 19.2 Å². The second-order valence-corrected chi connectivity index (χ2v) is 8.56. The van der Waals surface area contributed by atoms with E-state index in [0.717, 1.165) is 5.56 Å². The molecule has 1 atom stereocenters. The Morgan fingerprint density at radius 1 is 1.21 bits per heavy atom. The number of nitrogens with zero attached hydrogens (tertiary/aromatic N) is 1. The third kappa shape index (κ3) is 4.79. The summed E-state index contributed by atoms with van der Waals surface area (Å²) in [5.74, 6) is 0.0353. The highest BCUT2D eigenvalue weighted by Gasteiger charge is 2.33. The number of piperidine rings is 1. The van der Waals surface area contributed by atoms with E-state index < -0.39 is 0 Å². The first-order valence-corrected chi connectivity index (χ1v) is 11.6. The highest BCUT2D eigenvalue weighted by atomic mass is 19.1. The second kappa shape index (κ2) is 10.3. The maximum absolute atomic E-state index is 14.1. The minimum atomic E-state index is -0.356. The molecule has 1 unspecified atom stereocenters. The molecule has 34 heavy (non-hydrogen) atoms. The average Bonchev–Trinajstić information content (AvgIpc) is 3.30. The molecule has 0 spiro atoms. The summed E-state index contributed by atoms with van der Waals surface area (Å²) in [6.45, 7) is 5.43. The van der Waals surface area contributed by atoms with Crippen molar-refractivity contribution >= 4 is 17.4 Å². The van der Waals surface area contributed by atoms with Crippen molar-refractivity contribution < 1.29 is 23.5 Å². The monoisotopic (exact) mass is 470 g/mol. The number of likely N-dealkylation sites (tertiary alicyclic amines) is 1. The molecule has 8 nitrogen and oxygen atoms in total. The molecule has 9 heteroatoms. The number of amides is 2. The minimum Gasteiger partial charge on any atom is -0.493 e. The van der Waals surface area contributed by atoms with Gasteiger partial charge in [0.25, 0.3) is 5.91 Å². The molecule has 0 saturated carbocycles. The van der Waals surface area contributed by atoms with Crippen molar-refractivity contribution in [2.24, 2.45) is 0 Å². The first kappa shape index (κ1) is 23.8. The highest BCUT2D eigenvalue weighted by Crippen LogP contribution is 2.39. The zero-order valence-corrected chi connectivity index (χ0v) is 19.7. The minimum absolute atomic E-state index is 0.0247. The first-order chi connectivity index (χ1) is 16.4. The molecular formula is C25H31FN4O4. The number of aromatic amines is 1. The van der Waals surface area contributed by atoms with E-state index in [1.807, 2.05) is 19.9 Å². The summed E-state index contributed by atoms with van der Waals surface area (Å²) in [5, 5.41) is 6.52. The van der Waals surface area contributed by atoms with Crippen molar-refractivity contribution in [1.29, 1.82) is 0 Å². The Bertz CT molecular complexity index is 1090. The molecule has 1 aromatic carbocycles. The van der Waals surface area contributed by atoms with Crippen LogP contribution in [-0.2, 0) is 14.3 Å². The molecule has 3 N–H and O–H groups in total. The first-order valence-electron chi connectivity index (χ1n) is 11.6. The fraction of sp³-hybridized carbons (Fsp3) is 0.440. The summed E-state index contributed by atoms with van der Waals surface area (Å²) >= 11 is 0. The lowest BCUT2D eigenvalue weighted by Crippen LogP contribution is -2.48. The summed E-state index contributed by atoms with van der Waals surface area (Å²) < 4.78 is 24.8. The predicted molar refractivity (Wildman–Crippen MR) is 126 cm³/mol. The van der Waals surface area contributed by atoms with Gasteiger partial charge in [0.2, 0.25) is 5.91 Å². The number of methoxy groups -OCH3 is 1. The van der Waals surface area contributed by atoms with Crippen LogP contribution in [0.5, 0.6) is 5.75 Å². The lowest BCUT2D eigenvalue weighted by molar-refractivity contribution is -0.136. The van der Waals surface area contributed by atoms with Crippen molar-refractivity contribution in [1.82, 2.24) is 20.5 Å². The molecule has 2 aliphatic heterocycles. The fourth-order valence-corrected chi connectivity index (χ4v) is 4.70. The molecule has 0 radical (unpaired) electrons. The van der Waals surface area contributed by atoms with Crippen LogP contribution in [0.4, 0.5) is 4.39 Å².